The number of hydrogen-bond donors (Lipinski definition) is 0. The fourth-order valence-electron chi connectivity index (χ4n) is 2.51. The molecule has 0 fully saturated rings. The smallest absolute Gasteiger partial charge is 0.159 e. The minimum atomic E-state index is 0.0684. The van der Waals surface area contributed by atoms with Crippen LogP contribution in [-0.2, 0) is 0 Å². The Bertz CT molecular complexity index is 897. The van der Waals surface area contributed by atoms with Crippen molar-refractivity contribution in [1.82, 2.24) is 4.57 Å². The third kappa shape index (κ3) is 2.21. The van der Waals surface area contributed by atoms with Crippen molar-refractivity contribution in [1.29, 1.82) is 5.26 Å². The number of aromatic nitrogens is 1. The topological polar surface area (TPSA) is 45.8 Å². The Morgan fingerprint density at radius 1 is 1.14 bits per heavy atom. The molecule has 1 heterocycles. The summed E-state index contributed by atoms with van der Waals surface area (Å²) in [5.74, 6) is 0.0684. The molecule has 3 heteroatoms. The molecule has 102 valence electrons. The van der Waals surface area contributed by atoms with Crippen LogP contribution in [0, 0.1) is 18.3 Å². The summed E-state index contributed by atoms with van der Waals surface area (Å²) < 4.78 is 2.06. The Morgan fingerprint density at radius 3 is 2.62 bits per heavy atom. The van der Waals surface area contributed by atoms with Crippen LogP contribution in [-0.4, -0.2) is 10.4 Å². The number of fused-ring (bicyclic) bond motifs is 1. The molecule has 0 N–H and O–H groups in total. The molecular formula is C18H14N2O. The zero-order valence-corrected chi connectivity index (χ0v) is 11.9. The lowest BCUT2D eigenvalue weighted by molar-refractivity contribution is 0.101. The Labute approximate surface area is 123 Å². The molecule has 3 nitrogen and oxygen atoms in total. The van der Waals surface area contributed by atoms with E-state index in [4.69, 9.17) is 5.26 Å². The Kier molecular flexibility index (Phi) is 3.08. The minimum absolute atomic E-state index is 0.0684. The zero-order chi connectivity index (χ0) is 15.0. The highest BCUT2D eigenvalue weighted by Crippen LogP contribution is 2.23. The number of carbonyl (C=O) groups is 1. The molecule has 1 aromatic heterocycles. The van der Waals surface area contributed by atoms with Gasteiger partial charge in [-0.15, -0.1) is 0 Å². The molecule has 2 aromatic carbocycles. The summed E-state index contributed by atoms with van der Waals surface area (Å²) in [5.41, 5.74) is 4.42. The van der Waals surface area contributed by atoms with Crippen molar-refractivity contribution in [2.45, 2.75) is 13.8 Å². The lowest BCUT2D eigenvalue weighted by Crippen LogP contribution is -1.95. The number of benzene rings is 2. The molecule has 0 amide bonds. The largest absolute Gasteiger partial charge is 0.317 e. The standard InChI is InChI=1S/C18H14N2O/c1-12-9-17(5-3-16(12)11-19)20-8-7-15-10-14(13(2)21)4-6-18(15)20/h3-10H,1-2H3. The molecule has 0 aliphatic rings. The van der Waals surface area contributed by atoms with Crippen LogP contribution in [0.3, 0.4) is 0 Å². The molecule has 3 rings (SSSR count). The van der Waals surface area contributed by atoms with E-state index in [1.165, 1.54) is 0 Å². The average molecular weight is 274 g/mol. The Balaban J connectivity index is 2.15. The molecule has 0 aliphatic heterocycles. The van der Waals surface area contributed by atoms with Gasteiger partial charge in [0.1, 0.15) is 0 Å². The van der Waals surface area contributed by atoms with E-state index in [-0.39, 0.29) is 5.78 Å². The maximum absolute atomic E-state index is 11.4. The number of carbonyl (C=O) groups excluding carboxylic acids is 1. The van der Waals surface area contributed by atoms with E-state index in [1.807, 2.05) is 55.6 Å². The molecule has 0 radical (unpaired) electrons. The minimum Gasteiger partial charge on any atom is -0.317 e. The Hall–Kier alpha value is -2.86. The lowest BCUT2D eigenvalue weighted by atomic mass is 10.1. The molecule has 0 unspecified atom stereocenters. The lowest BCUT2D eigenvalue weighted by Gasteiger charge is -2.08. The SMILES string of the molecule is CC(=O)c1ccc2c(ccn2-c2ccc(C#N)c(C)c2)c1. The maximum Gasteiger partial charge on any atom is 0.159 e. The Morgan fingerprint density at radius 2 is 1.95 bits per heavy atom. The average Bonchev–Trinajstić information content (AvgIpc) is 2.90. The molecule has 0 saturated heterocycles. The highest BCUT2D eigenvalue weighted by atomic mass is 16.1. The van der Waals surface area contributed by atoms with E-state index in [9.17, 15) is 4.79 Å². The van der Waals surface area contributed by atoms with Gasteiger partial charge in [-0.05, 0) is 61.9 Å². The van der Waals surface area contributed by atoms with Gasteiger partial charge in [-0.1, -0.05) is 0 Å². The van der Waals surface area contributed by atoms with Crippen molar-refractivity contribution >= 4 is 16.7 Å². The highest BCUT2D eigenvalue weighted by molar-refractivity contribution is 5.98. The third-order valence-corrected chi connectivity index (χ3v) is 3.71. The van der Waals surface area contributed by atoms with Gasteiger partial charge in [0.15, 0.2) is 5.78 Å². The van der Waals surface area contributed by atoms with E-state index in [0.717, 1.165) is 27.7 Å². The fraction of sp³-hybridized carbons (Fsp3) is 0.111. The number of hydrogen-bond acceptors (Lipinski definition) is 2. The summed E-state index contributed by atoms with van der Waals surface area (Å²) in [4.78, 5) is 11.4. The van der Waals surface area contributed by atoms with Gasteiger partial charge < -0.3 is 4.57 Å². The van der Waals surface area contributed by atoms with Crippen LogP contribution in [0.1, 0.15) is 28.4 Å². The molecule has 0 saturated carbocycles. The second-order valence-corrected chi connectivity index (χ2v) is 5.13. The molecule has 3 aromatic rings. The van der Waals surface area contributed by atoms with Crippen LogP contribution in [0.2, 0.25) is 0 Å². The summed E-state index contributed by atoms with van der Waals surface area (Å²) >= 11 is 0. The molecular weight excluding hydrogens is 260 g/mol. The molecule has 0 atom stereocenters. The van der Waals surface area contributed by atoms with Crippen molar-refractivity contribution in [3.05, 3.63) is 65.4 Å². The fourth-order valence-corrected chi connectivity index (χ4v) is 2.51. The number of Topliss-reactive ketones (excluding diaryl/α,β-unsaturated/α-hetero) is 1. The first-order valence-electron chi connectivity index (χ1n) is 6.73. The van der Waals surface area contributed by atoms with E-state index >= 15 is 0 Å². The van der Waals surface area contributed by atoms with Crippen LogP contribution in [0.5, 0.6) is 0 Å². The highest BCUT2D eigenvalue weighted by Gasteiger charge is 2.07. The first kappa shape index (κ1) is 13.1. The van der Waals surface area contributed by atoms with Crippen molar-refractivity contribution in [3.63, 3.8) is 0 Å². The van der Waals surface area contributed by atoms with Crippen molar-refractivity contribution in [3.8, 4) is 11.8 Å². The van der Waals surface area contributed by atoms with Crippen molar-refractivity contribution < 1.29 is 4.79 Å². The number of ketones is 1. The summed E-state index contributed by atoms with van der Waals surface area (Å²) in [7, 11) is 0. The summed E-state index contributed by atoms with van der Waals surface area (Å²) in [6.07, 6.45) is 1.98. The molecule has 21 heavy (non-hydrogen) atoms. The van der Waals surface area contributed by atoms with Crippen LogP contribution >= 0.6 is 0 Å². The quantitative estimate of drug-likeness (QED) is 0.663. The monoisotopic (exact) mass is 274 g/mol. The van der Waals surface area contributed by atoms with Gasteiger partial charge in [0.2, 0.25) is 0 Å². The normalized spacial score (nSPS) is 10.5. The van der Waals surface area contributed by atoms with E-state index in [0.29, 0.717) is 5.56 Å². The molecule has 0 bridgehead atoms. The number of nitrogens with zero attached hydrogens (tertiary/aromatic N) is 2. The zero-order valence-electron chi connectivity index (χ0n) is 11.9. The van der Waals surface area contributed by atoms with Crippen LogP contribution in [0.4, 0.5) is 0 Å². The number of rotatable bonds is 2. The van der Waals surface area contributed by atoms with Crippen LogP contribution in [0.25, 0.3) is 16.6 Å². The number of aryl methyl sites for hydroxylation is 1. The summed E-state index contributed by atoms with van der Waals surface area (Å²) in [6, 6.07) is 15.6. The van der Waals surface area contributed by atoms with Gasteiger partial charge in [0.05, 0.1) is 17.1 Å². The van der Waals surface area contributed by atoms with Gasteiger partial charge in [0.25, 0.3) is 0 Å². The van der Waals surface area contributed by atoms with Crippen LogP contribution < -0.4 is 0 Å². The van der Waals surface area contributed by atoms with Crippen LogP contribution in [0.15, 0.2) is 48.7 Å². The summed E-state index contributed by atoms with van der Waals surface area (Å²) in [5, 5.41) is 10.0. The van der Waals surface area contributed by atoms with Gasteiger partial charge >= 0.3 is 0 Å². The van der Waals surface area contributed by atoms with Crippen molar-refractivity contribution in [2.24, 2.45) is 0 Å². The predicted octanol–water partition coefficient (Wildman–Crippen LogP) is 4.01. The van der Waals surface area contributed by atoms with Gasteiger partial charge in [-0.3, -0.25) is 4.79 Å². The van der Waals surface area contributed by atoms with E-state index < -0.39 is 0 Å². The molecule has 0 aliphatic carbocycles. The maximum atomic E-state index is 11.4. The second-order valence-electron chi connectivity index (χ2n) is 5.13. The van der Waals surface area contributed by atoms with Crippen molar-refractivity contribution in [2.75, 3.05) is 0 Å². The van der Waals surface area contributed by atoms with Gasteiger partial charge in [0, 0.05) is 22.8 Å². The van der Waals surface area contributed by atoms with Gasteiger partial charge in [-0.25, -0.2) is 0 Å². The second kappa shape index (κ2) is 4.92. The van der Waals surface area contributed by atoms with E-state index in [1.54, 1.807) is 6.92 Å². The first-order chi connectivity index (χ1) is 10.1. The third-order valence-electron chi connectivity index (χ3n) is 3.71. The summed E-state index contributed by atoms with van der Waals surface area (Å²) in [6.45, 7) is 3.50. The number of nitriles is 1. The van der Waals surface area contributed by atoms with E-state index in [2.05, 4.69) is 10.6 Å². The molecule has 0 spiro atoms. The predicted molar refractivity (Wildman–Crippen MR) is 82.7 cm³/mol. The van der Waals surface area contributed by atoms with Gasteiger partial charge in [-0.2, -0.15) is 5.26 Å². The first-order valence-corrected chi connectivity index (χ1v) is 6.73.